The summed E-state index contributed by atoms with van der Waals surface area (Å²) in [5.41, 5.74) is 1.04. The molecule has 3 nitrogen and oxygen atoms in total. The third-order valence-electron chi connectivity index (χ3n) is 3.12. The smallest absolute Gasteiger partial charge is 0.182 e. The minimum atomic E-state index is -0.791. The van der Waals surface area contributed by atoms with E-state index in [1.807, 2.05) is 12.1 Å². The van der Waals surface area contributed by atoms with Crippen LogP contribution in [0.25, 0.3) is 16.9 Å². The molecule has 2 aromatic carbocycles. The second-order valence-corrected chi connectivity index (χ2v) is 4.87. The van der Waals surface area contributed by atoms with E-state index >= 15 is 0 Å². The van der Waals surface area contributed by atoms with Crippen LogP contribution in [0.3, 0.4) is 0 Å². The van der Waals surface area contributed by atoms with Crippen LogP contribution in [0.2, 0.25) is 5.02 Å². The lowest BCUT2D eigenvalue weighted by Gasteiger charge is -2.09. The standard InChI is InChI=1S/C16H8ClF2N3/c17-15-13(9-20)21-22(14-7-6-11(18)8-12(14)19)16(15)10-4-2-1-3-5-10/h1-8H. The molecule has 0 saturated carbocycles. The van der Waals surface area contributed by atoms with E-state index in [4.69, 9.17) is 16.9 Å². The Morgan fingerprint density at radius 2 is 1.82 bits per heavy atom. The first-order valence-electron chi connectivity index (χ1n) is 6.31. The normalized spacial score (nSPS) is 10.5. The Kier molecular flexibility index (Phi) is 3.61. The van der Waals surface area contributed by atoms with E-state index < -0.39 is 11.6 Å². The summed E-state index contributed by atoms with van der Waals surface area (Å²) in [4.78, 5) is 0. The van der Waals surface area contributed by atoms with E-state index in [9.17, 15) is 8.78 Å². The summed E-state index contributed by atoms with van der Waals surface area (Å²) >= 11 is 6.20. The summed E-state index contributed by atoms with van der Waals surface area (Å²) in [5, 5.41) is 13.2. The lowest BCUT2D eigenvalue weighted by atomic mass is 10.1. The summed E-state index contributed by atoms with van der Waals surface area (Å²) < 4.78 is 28.4. The molecule has 108 valence electrons. The van der Waals surface area contributed by atoms with Crippen LogP contribution in [-0.4, -0.2) is 9.78 Å². The lowest BCUT2D eigenvalue weighted by molar-refractivity contribution is 0.574. The quantitative estimate of drug-likeness (QED) is 0.705. The molecule has 0 atom stereocenters. The van der Waals surface area contributed by atoms with E-state index in [1.54, 1.807) is 24.3 Å². The van der Waals surface area contributed by atoms with Gasteiger partial charge in [-0.1, -0.05) is 41.9 Å². The summed E-state index contributed by atoms with van der Waals surface area (Å²) in [7, 11) is 0. The van der Waals surface area contributed by atoms with Gasteiger partial charge >= 0.3 is 0 Å². The molecule has 0 radical (unpaired) electrons. The van der Waals surface area contributed by atoms with Gasteiger partial charge in [0.2, 0.25) is 0 Å². The molecule has 3 aromatic rings. The summed E-state index contributed by atoms with van der Waals surface area (Å²) in [5.74, 6) is -1.48. The van der Waals surface area contributed by atoms with Gasteiger partial charge in [-0.25, -0.2) is 13.5 Å². The number of benzene rings is 2. The molecule has 0 amide bonds. The predicted molar refractivity (Wildman–Crippen MR) is 78.6 cm³/mol. The molecule has 0 N–H and O–H groups in total. The zero-order chi connectivity index (χ0) is 15.7. The van der Waals surface area contributed by atoms with Crippen molar-refractivity contribution in [2.24, 2.45) is 0 Å². The van der Waals surface area contributed by atoms with Gasteiger partial charge in [0.1, 0.15) is 22.6 Å². The van der Waals surface area contributed by atoms with Crippen LogP contribution < -0.4 is 0 Å². The minimum Gasteiger partial charge on any atom is -0.227 e. The number of rotatable bonds is 2. The van der Waals surface area contributed by atoms with E-state index in [2.05, 4.69) is 5.10 Å². The van der Waals surface area contributed by atoms with Gasteiger partial charge in [-0.05, 0) is 12.1 Å². The number of nitriles is 1. The molecule has 0 unspecified atom stereocenters. The Hall–Kier alpha value is -2.71. The second kappa shape index (κ2) is 5.58. The molecule has 6 heteroatoms. The Morgan fingerprint density at radius 3 is 2.45 bits per heavy atom. The Morgan fingerprint density at radius 1 is 1.09 bits per heavy atom. The molecule has 1 aromatic heterocycles. The molecule has 0 bridgehead atoms. The fraction of sp³-hybridized carbons (Fsp3) is 0. The molecule has 0 aliphatic carbocycles. The van der Waals surface area contributed by atoms with Crippen molar-refractivity contribution in [2.45, 2.75) is 0 Å². The average molecular weight is 316 g/mol. The molecular weight excluding hydrogens is 308 g/mol. The number of halogens is 3. The highest BCUT2D eigenvalue weighted by atomic mass is 35.5. The van der Waals surface area contributed by atoms with E-state index in [1.165, 1.54) is 10.7 Å². The number of hydrogen-bond acceptors (Lipinski definition) is 2. The maximum absolute atomic E-state index is 14.0. The first-order chi connectivity index (χ1) is 10.6. The van der Waals surface area contributed by atoms with Gasteiger partial charge in [0.25, 0.3) is 0 Å². The van der Waals surface area contributed by atoms with Gasteiger partial charge < -0.3 is 0 Å². The van der Waals surface area contributed by atoms with Crippen LogP contribution in [0, 0.1) is 23.0 Å². The first-order valence-corrected chi connectivity index (χ1v) is 6.69. The second-order valence-electron chi connectivity index (χ2n) is 4.50. The number of nitrogens with zero attached hydrogens (tertiary/aromatic N) is 3. The highest BCUT2D eigenvalue weighted by Gasteiger charge is 2.20. The lowest BCUT2D eigenvalue weighted by Crippen LogP contribution is -2.02. The molecule has 0 fully saturated rings. The maximum atomic E-state index is 14.0. The molecule has 1 heterocycles. The summed E-state index contributed by atoms with van der Waals surface area (Å²) in [6.07, 6.45) is 0. The summed E-state index contributed by atoms with van der Waals surface area (Å²) in [6.45, 7) is 0. The molecule has 3 rings (SSSR count). The van der Waals surface area contributed by atoms with Crippen molar-refractivity contribution in [3.8, 4) is 23.0 Å². The Balaban J connectivity index is 2.31. The van der Waals surface area contributed by atoms with E-state index in [0.29, 0.717) is 11.3 Å². The Bertz CT molecular complexity index is 882. The van der Waals surface area contributed by atoms with Crippen LogP contribution in [0.5, 0.6) is 0 Å². The van der Waals surface area contributed by atoms with Crippen molar-refractivity contribution in [2.75, 3.05) is 0 Å². The van der Waals surface area contributed by atoms with Gasteiger partial charge in [0.15, 0.2) is 11.5 Å². The van der Waals surface area contributed by atoms with Crippen molar-refractivity contribution >= 4 is 11.6 Å². The van der Waals surface area contributed by atoms with Gasteiger partial charge in [0, 0.05) is 11.6 Å². The van der Waals surface area contributed by atoms with Crippen LogP contribution >= 0.6 is 11.6 Å². The zero-order valence-electron chi connectivity index (χ0n) is 11.1. The molecule has 22 heavy (non-hydrogen) atoms. The van der Waals surface area contributed by atoms with Crippen molar-refractivity contribution in [1.29, 1.82) is 5.26 Å². The molecule has 0 saturated heterocycles. The van der Waals surface area contributed by atoms with Gasteiger partial charge in [-0.15, -0.1) is 0 Å². The van der Waals surface area contributed by atoms with Gasteiger partial charge in [-0.2, -0.15) is 10.4 Å². The fourth-order valence-corrected chi connectivity index (χ4v) is 2.41. The third kappa shape index (κ3) is 2.34. The van der Waals surface area contributed by atoms with Crippen LogP contribution in [-0.2, 0) is 0 Å². The third-order valence-corrected chi connectivity index (χ3v) is 3.48. The average Bonchev–Trinajstić information content (AvgIpc) is 2.84. The topological polar surface area (TPSA) is 41.6 Å². The van der Waals surface area contributed by atoms with Crippen LogP contribution in [0.1, 0.15) is 5.69 Å². The molecule has 0 spiro atoms. The minimum absolute atomic E-state index is 0.0173. The number of aromatic nitrogens is 2. The SMILES string of the molecule is N#Cc1nn(-c2ccc(F)cc2F)c(-c2ccccc2)c1Cl. The van der Waals surface area contributed by atoms with E-state index in [-0.39, 0.29) is 16.4 Å². The van der Waals surface area contributed by atoms with E-state index in [0.717, 1.165) is 12.1 Å². The number of hydrogen-bond donors (Lipinski definition) is 0. The van der Waals surface area contributed by atoms with Crippen LogP contribution in [0.15, 0.2) is 48.5 Å². The van der Waals surface area contributed by atoms with Crippen LogP contribution in [0.4, 0.5) is 8.78 Å². The highest BCUT2D eigenvalue weighted by Crippen LogP contribution is 2.33. The van der Waals surface area contributed by atoms with Crippen molar-refractivity contribution in [3.63, 3.8) is 0 Å². The predicted octanol–water partition coefficient (Wildman–Crippen LogP) is 4.34. The molecule has 0 aliphatic heterocycles. The monoisotopic (exact) mass is 315 g/mol. The highest BCUT2D eigenvalue weighted by molar-refractivity contribution is 6.34. The van der Waals surface area contributed by atoms with Crippen molar-refractivity contribution in [3.05, 3.63) is 70.9 Å². The van der Waals surface area contributed by atoms with Crippen molar-refractivity contribution < 1.29 is 8.78 Å². The summed E-state index contributed by atoms with van der Waals surface area (Å²) in [6, 6.07) is 13.9. The van der Waals surface area contributed by atoms with Gasteiger partial charge in [-0.3, -0.25) is 0 Å². The zero-order valence-corrected chi connectivity index (χ0v) is 11.9. The maximum Gasteiger partial charge on any atom is 0.182 e. The van der Waals surface area contributed by atoms with Gasteiger partial charge in [0.05, 0.1) is 5.69 Å². The molecule has 0 aliphatic rings. The first kappa shape index (κ1) is 14.2. The fourth-order valence-electron chi connectivity index (χ4n) is 2.14. The van der Waals surface area contributed by atoms with Crippen molar-refractivity contribution in [1.82, 2.24) is 9.78 Å². The Labute approximate surface area is 130 Å². The molecular formula is C16H8ClF2N3. The largest absolute Gasteiger partial charge is 0.227 e.